The Morgan fingerprint density at radius 3 is 2.00 bits per heavy atom. The van der Waals surface area contributed by atoms with Crippen LogP contribution in [-0.2, 0) is 0 Å². The number of halogens is 4. The minimum absolute atomic E-state index is 0.00827. The zero-order valence-corrected chi connectivity index (χ0v) is 7.94. The minimum atomic E-state index is -0.550. The second-order valence-corrected chi connectivity index (χ2v) is 3.22. The van der Waals surface area contributed by atoms with E-state index in [4.69, 9.17) is 46.4 Å². The highest BCUT2D eigenvalue weighted by Gasteiger charge is 2.25. The Morgan fingerprint density at radius 1 is 0.909 bits per heavy atom. The average molecular weight is 230 g/mol. The second-order valence-electron chi connectivity index (χ2n) is 1.71. The van der Waals surface area contributed by atoms with E-state index in [-0.39, 0.29) is 20.1 Å². The third-order valence-electron chi connectivity index (χ3n) is 1.00. The van der Waals surface area contributed by atoms with Gasteiger partial charge in [0.15, 0.2) is 15.1 Å². The zero-order valence-electron chi connectivity index (χ0n) is 4.92. The molecule has 0 amide bonds. The van der Waals surface area contributed by atoms with Crippen LogP contribution in [0.15, 0.2) is 25.9 Å². The number of allylic oxidation sites excluding steroid dienone is 5. The van der Waals surface area contributed by atoms with Crippen LogP contribution < -0.4 is 5.11 Å². The smallest absolute Gasteiger partial charge is 0.225 e. The standard InChI is InChI=1S/C6Cl4O/c7-2-1-3(11)5(9)6(10)4(2)8. The average Bonchev–Trinajstić information content (AvgIpc) is 1.97. The maximum atomic E-state index is 10.8. The molecule has 5 heteroatoms. The molecule has 1 aliphatic rings. The largest absolute Gasteiger partial charge is 0.844 e. The Hall–Kier alpha value is 0.0900. The summed E-state index contributed by atoms with van der Waals surface area (Å²) in [7, 11) is 0. The van der Waals surface area contributed by atoms with Crippen molar-refractivity contribution in [2.45, 2.75) is 0 Å². The summed E-state index contributed by atoms with van der Waals surface area (Å²) < 4.78 is 0. The van der Waals surface area contributed by atoms with Crippen molar-refractivity contribution in [1.29, 1.82) is 0 Å². The monoisotopic (exact) mass is 228 g/mol. The van der Waals surface area contributed by atoms with Gasteiger partial charge in [-0.1, -0.05) is 0 Å². The molecule has 1 nitrogen and oxygen atoms in total. The molecule has 0 atom stereocenters. The molecule has 0 aromatic rings. The van der Waals surface area contributed by atoms with Gasteiger partial charge in [0.05, 0.1) is 11.8 Å². The predicted octanol–water partition coefficient (Wildman–Crippen LogP) is 2.43. The Balaban J connectivity index is 3.28. The van der Waals surface area contributed by atoms with Gasteiger partial charge >= 0.3 is 0 Å². The number of rotatable bonds is 0. The molecule has 0 aromatic carbocycles. The van der Waals surface area contributed by atoms with Crippen LogP contribution in [0.4, 0.5) is 0 Å². The molecule has 0 fully saturated rings. The van der Waals surface area contributed by atoms with Crippen LogP contribution >= 0.6 is 46.4 Å². The van der Waals surface area contributed by atoms with E-state index < -0.39 is 5.76 Å². The van der Waals surface area contributed by atoms with Gasteiger partial charge < -0.3 is 5.11 Å². The molecule has 1 aliphatic carbocycles. The summed E-state index contributed by atoms with van der Waals surface area (Å²) in [5, 5.41) is 10.7. The van der Waals surface area contributed by atoms with E-state index in [9.17, 15) is 5.11 Å². The second kappa shape index (κ2) is 3.22. The van der Waals surface area contributed by atoms with Gasteiger partial charge in [0, 0.05) is 23.2 Å². The molecule has 58 valence electrons. The van der Waals surface area contributed by atoms with Crippen LogP contribution in [0.25, 0.3) is 0 Å². The molecule has 0 radical (unpaired) electrons. The van der Waals surface area contributed by atoms with Crippen LogP contribution in [0.5, 0.6) is 0 Å². The molecule has 1 rings (SSSR count). The summed E-state index contributed by atoms with van der Waals surface area (Å²) in [5.41, 5.74) is 0. The molecule has 0 aliphatic heterocycles. The molecule has 0 heterocycles. The first-order chi connectivity index (χ1) is 5.04. The van der Waals surface area contributed by atoms with Crippen LogP contribution in [0.1, 0.15) is 0 Å². The summed E-state index contributed by atoms with van der Waals surface area (Å²) >= 11 is 22.0. The number of hydrogen-bond acceptors (Lipinski definition) is 1. The van der Waals surface area contributed by atoms with Gasteiger partial charge in [-0.05, 0) is 23.2 Å². The van der Waals surface area contributed by atoms with Gasteiger partial charge in [0.25, 0.3) is 0 Å². The fourth-order valence-corrected chi connectivity index (χ4v) is 1.24. The molecule has 0 aromatic heterocycles. The molecule has 0 bridgehead atoms. The Labute approximate surface area is 83.5 Å². The van der Waals surface area contributed by atoms with E-state index in [0.717, 1.165) is 0 Å². The van der Waals surface area contributed by atoms with Crippen LogP contribution in [0, 0.1) is 6.08 Å². The van der Waals surface area contributed by atoms with Crippen molar-refractivity contribution in [2.24, 2.45) is 0 Å². The topological polar surface area (TPSA) is 23.1 Å². The highest BCUT2D eigenvalue weighted by Crippen LogP contribution is 2.35. The fraction of sp³-hybridized carbons (Fsp3) is 0. The predicted molar refractivity (Wildman–Crippen MR) is 44.2 cm³/mol. The lowest BCUT2D eigenvalue weighted by molar-refractivity contribution is -0.297. The summed E-state index contributed by atoms with van der Waals surface area (Å²) in [4.78, 5) is 0. The third kappa shape index (κ3) is 1.64. The molecule has 0 N–H and O–H groups in total. The van der Waals surface area contributed by atoms with Gasteiger partial charge in [-0.25, -0.2) is 0 Å². The fourth-order valence-electron chi connectivity index (χ4n) is 0.502. The minimum Gasteiger partial charge on any atom is -0.844 e. The first-order valence-corrected chi connectivity index (χ1v) is 3.97. The Morgan fingerprint density at radius 2 is 1.45 bits per heavy atom. The normalized spacial score (nSPS) is 18.4. The first kappa shape index (κ1) is 9.18. The maximum Gasteiger partial charge on any atom is 0.225 e. The van der Waals surface area contributed by atoms with E-state index in [0.29, 0.717) is 0 Å². The van der Waals surface area contributed by atoms with Crippen LogP contribution in [-0.4, -0.2) is 0 Å². The molecule has 11 heavy (non-hydrogen) atoms. The quantitative estimate of drug-likeness (QED) is 0.586. The van der Waals surface area contributed by atoms with Crippen molar-refractivity contribution < 1.29 is 5.11 Å². The zero-order chi connectivity index (χ0) is 8.59. The first-order valence-electron chi connectivity index (χ1n) is 2.46. The van der Waals surface area contributed by atoms with Crippen molar-refractivity contribution in [3.05, 3.63) is 32.0 Å². The van der Waals surface area contributed by atoms with E-state index in [1.54, 1.807) is 0 Å². The molecule has 0 spiro atoms. The van der Waals surface area contributed by atoms with E-state index in [2.05, 4.69) is 6.08 Å². The lowest BCUT2D eigenvalue weighted by Crippen LogP contribution is -2.08. The summed E-state index contributed by atoms with van der Waals surface area (Å²) in [6.45, 7) is 0. The van der Waals surface area contributed by atoms with Crippen molar-refractivity contribution in [2.75, 3.05) is 0 Å². The van der Waals surface area contributed by atoms with E-state index >= 15 is 0 Å². The van der Waals surface area contributed by atoms with Gasteiger partial charge in [-0.3, -0.25) is 0 Å². The van der Waals surface area contributed by atoms with Crippen molar-refractivity contribution in [3.8, 4) is 0 Å². The lowest BCUT2D eigenvalue weighted by Gasteiger charge is -2.05. The van der Waals surface area contributed by atoms with Gasteiger partial charge in [0.1, 0.15) is 0 Å². The van der Waals surface area contributed by atoms with Crippen molar-refractivity contribution in [1.82, 2.24) is 0 Å². The molecule has 0 unspecified atom stereocenters. The number of hydrogen-bond donors (Lipinski definition) is 0. The Kier molecular flexibility index (Phi) is 2.69. The van der Waals surface area contributed by atoms with E-state index in [1.807, 2.05) is 0 Å². The highest BCUT2D eigenvalue weighted by atomic mass is 35.5. The van der Waals surface area contributed by atoms with Crippen LogP contribution in [0.2, 0.25) is 0 Å². The molecular formula is C6Cl4O. The summed E-state index contributed by atoms with van der Waals surface area (Å²) in [5.74, 6) is -0.550. The molecule has 0 saturated heterocycles. The molecule has 0 saturated carbocycles. The lowest BCUT2D eigenvalue weighted by atomic mass is 10.2. The SMILES string of the molecule is [O-]C1=[C+]C(Cl)=C(Cl)C(Cl)=C1Cl. The van der Waals surface area contributed by atoms with Gasteiger partial charge in [-0.2, -0.15) is 0 Å². The van der Waals surface area contributed by atoms with Crippen molar-refractivity contribution >= 4 is 46.4 Å². The summed E-state index contributed by atoms with van der Waals surface area (Å²) in [6.07, 6.45) is 2.21. The third-order valence-corrected chi connectivity index (χ3v) is 2.69. The summed E-state index contributed by atoms with van der Waals surface area (Å²) in [6, 6.07) is 0. The van der Waals surface area contributed by atoms with Gasteiger partial charge in [0.2, 0.25) is 5.03 Å². The Bertz CT molecular complexity index is 281. The van der Waals surface area contributed by atoms with Gasteiger partial charge in [-0.15, -0.1) is 0 Å². The van der Waals surface area contributed by atoms with Crippen molar-refractivity contribution in [3.63, 3.8) is 0 Å². The maximum absolute atomic E-state index is 10.8. The van der Waals surface area contributed by atoms with E-state index in [1.165, 1.54) is 0 Å². The highest BCUT2D eigenvalue weighted by molar-refractivity contribution is 6.52. The molecular weight excluding hydrogens is 230 g/mol. The van der Waals surface area contributed by atoms with Crippen LogP contribution in [0.3, 0.4) is 0 Å².